The number of ether oxygens (including phenoxy) is 1. The summed E-state index contributed by atoms with van der Waals surface area (Å²) in [5.74, 6) is -0.517. The van der Waals surface area contributed by atoms with Crippen molar-refractivity contribution in [3.8, 4) is 11.6 Å². The number of halogens is 1. The fourth-order valence-corrected chi connectivity index (χ4v) is 1.80. The Hall–Kier alpha value is -2.07. The van der Waals surface area contributed by atoms with Crippen LogP contribution in [0, 0.1) is 0 Å². The first-order valence-electron chi connectivity index (χ1n) is 5.77. The molecule has 0 aliphatic heterocycles. The van der Waals surface area contributed by atoms with Crippen LogP contribution in [0.4, 0.5) is 0 Å². The largest absolute Gasteiger partial charge is 0.477 e. The van der Waals surface area contributed by atoms with Crippen LogP contribution < -0.4 is 4.74 Å². The Balaban J connectivity index is 2.42. The molecular weight excluding hydrogens is 266 g/mol. The Morgan fingerprint density at radius 2 is 2.05 bits per heavy atom. The van der Waals surface area contributed by atoms with Gasteiger partial charge in [-0.05, 0) is 30.2 Å². The highest BCUT2D eigenvalue weighted by molar-refractivity contribution is 6.29. The van der Waals surface area contributed by atoms with Crippen molar-refractivity contribution in [2.24, 2.45) is 0 Å². The van der Waals surface area contributed by atoms with E-state index in [0.717, 1.165) is 12.0 Å². The molecular formula is C14H12ClNO3. The number of nitrogens with zero attached hydrogens (tertiary/aromatic N) is 1. The monoisotopic (exact) mass is 277 g/mol. The third-order valence-corrected chi connectivity index (χ3v) is 2.83. The summed E-state index contributed by atoms with van der Waals surface area (Å²) in [5.41, 5.74) is 0.955. The summed E-state index contributed by atoms with van der Waals surface area (Å²) in [4.78, 5) is 15.0. The third-order valence-electron chi connectivity index (χ3n) is 2.62. The van der Waals surface area contributed by atoms with E-state index in [4.69, 9.17) is 21.4 Å². The maximum absolute atomic E-state index is 11.1. The summed E-state index contributed by atoms with van der Waals surface area (Å²) >= 11 is 5.78. The minimum absolute atomic E-state index is 0.000833. The van der Waals surface area contributed by atoms with Gasteiger partial charge in [0.15, 0.2) is 0 Å². The topological polar surface area (TPSA) is 59.4 Å². The molecule has 4 nitrogen and oxygen atoms in total. The maximum atomic E-state index is 11.1. The van der Waals surface area contributed by atoms with E-state index in [-0.39, 0.29) is 16.6 Å². The van der Waals surface area contributed by atoms with Crippen LogP contribution in [-0.2, 0) is 6.42 Å². The van der Waals surface area contributed by atoms with E-state index < -0.39 is 5.97 Å². The summed E-state index contributed by atoms with van der Waals surface area (Å²) in [7, 11) is 0. The van der Waals surface area contributed by atoms with E-state index in [1.54, 1.807) is 6.07 Å². The number of hydrogen-bond donors (Lipinski definition) is 1. The number of hydrogen-bond acceptors (Lipinski definition) is 3. The molecule has 0 radical (unpaired) electrons. The van der Waals surface area contributed by atoms with Crippen LogP contribution in [0.1, 0.15) is 22.8 Å². The van der Waals surface area contributed by atoms with Gasteiger partial charge < -0.3 is 9.84 Å². The number of rotatable bonds is 4. The maximum Gasteiger partial charge on any atom is 0.341 e. The second-order valence-corrected chi connectivity index (χ2v) is 4.24. The molecule has 2 rings (SSSR count). The lowest BCUT2D eigenvalue weighted by atomic mass is 10.1. The van der Waals surface area contributed by atoms with Crippen molar-refractivity contribution in [3.63, 3.8) is 0 Å². The summed E-state index contributed by atoms with van der Waals surface area (Å²) < 4.78 is 5.60. The minimum Gasteiger partial charge on any atom is -0.477 e. The van der Waals surface area contributed by atoms with Crippen molar-refractivity contribution in [3.05, 3.63) is 52.7 Å². The number of carbonyl (C=O) groups is 1. The van der Waals surface area contributed by atoms with Crippen molar-refractivity contribution in [2.75, 3.05) is 0 Å². The molecule has 1 aromatic carbocycles. The van der Waals surface area contributed by atoms with Gasteiger partial charge in [-0.3, -0.25) is 0 Å². The van der Waals surface area contributed by atoms with Gasteiger partial charge in [0.25, 0.3) is 0 Å². The first kappa shape index (κ1) is 13.4. The molecule has 0 saturated carbocycles. The van der Waals surface area contributed by atoms with E-state index in [1.807, 2.05) is 25.1 Å². The van der Waals surface area contributed by atoms with Gasteiger partial charge in [-0.15, -0.1) is 0 Å². The molecule has 0 unspecified atom stereocenters. The molecule has 0 atom stereocenters. The first-order valence-corrected chi connectivity index (χ1v) is 6.15. The predicted molar refractivity (Wildman–Crippen MR) is 72.1 cm³/mol. The van der Waals surface area contributed by atoms with Gasteiger partial charge in [-0.25, -0.2) is 9.78 Å². The van der Waals surface area contributed by atoms with Crippen molar-refractivity contribution in [1.29, 1.82) is 0 Å². The second kappa shape index (κ2) is 5.71. The van der Waals surface area contributed by atoms with Crippen molar-refractivity contribution in [2.45, 2.75) is 13.3 Å². The summed E-state index contributed by atoms with van der Waals surface area (Å²) in [6.07, 6.45) is 0.777. The van der Waals surface area contributed by atoms with Crippen LogP contribution in [0.5, 0.6) is 11.6 Å². The van der Waals surface area contributed by atoms with Gasteiger partial charge >= 0.3 is 5.97 Å². The Bertz CT molecular complexity index is 613. The Morgan fingerprint density at radius 3 is 2.74 bits per heavy atom. The molecule has 0 saturated heterocycles. The number of carboxylic acids is 1. The van der Waals surface area contributed by atoms with Gasteiger partial charge in [-0.1, -0.05) is 36.7 Å². The van der Waals surface area contributed by atoms with E-state index in [0.29, 0.717) is 5.75 Å². The summed E-state index contributed by atoms with van der Waals surface area (Å²) in [5, 5.41) is 9.29. The highest BCUT2D eigenvalue weighted by atomic mass is 35.5. The molecule has 2 aromatic rings. The summed E-state index contributed by atoms with van der Waals surface area (Å²) in [6.45, 7) is 1.99. The van der Waals surface area contributed by atoms with Crippen molar-refractivity contribution in [1.82, 2.24) is 4.98 Å². The highest BCUT2D eigenvalue weighted by Gasteiger charge is 2.15. The molecule has 19 heavy (non-hydrogen) atoms. The molecule has 0 fully saturated rings. The second-order valence-electron chi connectivity index (χ2n) is 3.86. The van der Waals surface area contributed by atoms with Gasteiger partial charge in [-0.2, -0.15) is 0 Å². The number of pyridine rings is 1. The van der Waals surface area contributed by atoms with Crippen molar-refractivity contribution < 1.29 is 14.6 Å². The van der Waals surface area contributed by atoms with Crippen LogP contribution in [-0.4, -0.2) is 16.1 Å². The van der Waals surface area contributed by atoms with Crippen LogP contribution in [0.2, 0.25) is 5.15 Å². The summed E-state index contributed by atoms with van der Waals surface area (Å²) in [6, 6.07) is 10.2. The lowest BCUT2D eigenvalue weighted by Gasteiger charge is -2.11. The number of aromatic nitrogens is 1. The number of benzene rings is 1. The van der Waals surface area contributed by atoms with E-state index in [2.05, 4.69) is 4.98 Å². The zero-order valence-corrected chi connectivity index (χ0v) is 11.0. The molecule has 98 valence electrons. The predicted octanol–water partition coefficient (Wildman–Crippen LogP) is 3.79. The molecule has 0 amide bonds. The average Bonchev–Trinajstić information content (AvgIpc) is 2.39. The normalized spacial score (nSPS) is 10.2. The third kappa shape index (κ3) is 3.03. The van der Waals surface area contributed by atoms with Crippen molar-refractivity contribution >= 4 is 17.6 Å². The zero-order chi connectivity index (χ0) is 13.8. The quantitative estimate of drug-likeness (QED) is 0.864. The smallest absolute Gasteiger partial charge is 0.341 e. The molecule has 0 aliphatic rings. The molecule has 0 aliphatic carbocycles. The molecule has 1 N–H and O–H groups in total. The van der Waals surface area contributed by atoms with Gasteiger partial charge in [0, 0.05) is 0 Å². The van der Waals surface area contributed by atoms with Crippen LogP contribution in [0.3, 0.4) is 0 Å². The molecule has 5 heteroatoms. The number of aryl methyl sites for hydroxylation is 1. The van der Waals surface area contributed by atoms with Crippen LogP contribution in [0.15, 0.2) is 36.4 Å². The van der Waals surface area contributed by atoms with Gasteiger partial charge in [0.05, 0.1) is 0 Å². The average molecular weight is 278 g/mol. The van der Waals surface area contributed by atoms with Gasteiger partial charge in [0.1, 0.15) is 16.5 Å². The fraction of sp³-hybridized carbons (Fsp3) is 0.143. The minimum atomic E-state index is -1.10. The van der Waals surface area contributed by atoms with E-state index in [1.165, 1.54) is 12.1 Å². The zero-order valence-electron chi connectivity index (χ0n) is 10.3. The first-order chi connectivity index (χ1) is 9.11. The molecule has 0 spiro atoms. The lowest BCUT2D eigenvalue weighted by molar-refractivity contribution is 0.0693. The standard InChI is InChI=1S/C14H12ClNO3/c1-2-9-5-3-4-6-11(9)19-13-10(14(17)18)7-8-12(15)16-13/h3-8H,2H2,1H3,(H,17,18). The Kier molecular flexibility index (Phi) is 4.02. The molecule has 1 aromatic heterocycles. The van der Waals surface area contributed by atoms with E-state index in [9.17, 15) is 4.79 Å². The lowest BCUT2D eigenvalue weighted by Crippen LogP contribution is -2.03. The number of carboxylic acid groups (broad SMARTS) is 1. The Labute approximate surface area is 115 Å². The molecule has 0 bridgehead atoms. The van der Waals surface area contributed by atoms with E-state index >= 15 is 0 Å². The molecule has 1 heterocycles. The highest BCUT2D eigenvalue weighted by Crippen LogP contribution is 2.28. The number of aromatic carboxylic acids is 1. The van der Waals surface area contributed by atoms with Crippen LogP contribution >= 0.6 is 11.6 Å². The van der Waals surface area contributed by atoms with Crippen LogP contribution in [0.25, 0.3) is 0 Å². The SMILES string of the molecule is CCc1ccccc1Oc1nc(Cl)ccc1C(=O)O. The number of para-hydroxylation sites is 1. The fourth-order valence-electron chi connectivity index (χ4n) is 1.66. The Morgan fingerprint density at radius 1 is 1.32 bits per heavy atom. The van der Waals surface area contributed by atoms with Gasteiger partial charge in [0.2, 0.25) is 5.88 Å².